The zero-order valence-corrected chi connectivity index (χ0v) is 22.0. The molecule has 3 atom stereocenters. The van der Waals surface area contributed by atoms with Crippen LogP contribution in [0.25, 0.3) is 17.1 Å². The van der Waals surface area contributed by atoms with Crippen LogP contribution in [0.15, 0.2) is 52.1 Å². The van der Waals surface area contributed by atoms with E-state index in [1.54, 1.807) is 0 Å². The molecule has 5 nitrogen and oxygen atoms in total. The standard InChI is InChI=1S/C26H31BrN4OS/c1-16-12-17(2)14-22(13-16)31-25(20-8-10-21(27)11-9-20)29-30-26(31)33-15-24(32)28-23-7-5-6-18(3)19(23)4/h8-14,18-19,23H,5-7,15H2,1-4H3,(H,28,32)/t18-,19+,23+/m1/s1. The Labute approximate surface area is 208 Å². The second kappa shape index (κ2) is 10.4. The lowest BCUT2D eigenvalue weighted by Gasteiger charge is -2.34. The maximum Gasteiger partial charge on any atom is 0.230 e. The molecular formula is C26H31BrN4OS. The fourth-order valence-electron chi connectivity index (χ4n) is 4.63. The normalized spacial score (nSPS) is 20.6. The number of aryl methyl sites for hydroxylation is 2. The predicted octanol–water partition coefficient (Wildman–Crippen LogP) is 6.35. The molecule has 1 aromatic heterocycles. The van der Waals surface area contributed by atoms with Crippen molar-refractivity contribution in [1.82, 2.24) is 20.1 Å². The first-order valence-corrected chi connectivity index (χ1v) is 13.3. The third kappa shape index (κ3) is 5.69. The van der Waals surface area contributed by atoms with Gasteiger partial charge in [0.15, 0.2) is 11.0 Å². The lowest BCUT2D eigenvalue weighted by Crippen LogP contribution is -2.44. The number of benzene rings is 2. The van der Waals surface area contributed by atoms with E-state index in [0.717, 1.165) is 33.1 Å². The minimum Gasteiger partial charge on any atom is -0.352 e. The number of aromatic nitrogens is 3. The molecule has 1 saturated carbocycles. The van der Waals surface area contributed by atoms with Crippen molar-refractivity contribution in [2.45, 2.75) is 58.2 Å². The summed E-state index contributed by atoms with van der Waals surface area (Å²) in [7, 11) is 0. The van der Waals surface area contributed by atoms with Crippen LogP contribution in [0.5, 0.6) is 0 Å². The van der Waals surface area contributed by atoms with Crippen molar-refractivity contribution in [3.8, 4) is 17.1 Å². The van der Waals surface area contributed by atoms with E-state index >= 15 is 0 Å². The number of thioether (sulfide) groups is 1. The van der Waals surface area contributed by atoms with Gasteiger partial charge in [0.25, 0.3) is 0 Å². The number of amides is 1. The SMILES string of the molecule is Cc1cc(C)cc(-n2c(SCC(=O)N[C@H]3CCC[C@@H](C)[C@@H]3C)nnc2-c2ccc(Br)cc2)c1. The summed E-state index contributed by atoms with van der Waals surface area (Å²) in [6, 6.07) is 14.7. The highest BCUT2D eigenvalue weighted by Gasteiger charge is 2.28. The van der Waals surface area contributed by atoms with Gasteiger partial charge in [-0.1, -0.05) is 72.6 Å². The molecule has 0 saturated heterocycles. The monoisotopic (exact) mass is 526 g/mol. The van der Waals surface area contributed by atoms with Gasteiger partial charge < -0.3 is 5.32 Å². The van der Waals surface area contributed by atoms with Gasteiger partial charge in [0.1, 0.15) is 0 Å². The molecule has 3 aromatic rings. The van der Waals surface area contributed by atoms with Gasteiger partial charge in [-0.05, 0) is 67.5 Å². The number of nitrogens with one attached hydrogen (secondary N) is 1. The van der Waals surface area contributed by atoms with Crippen LogP contribution in [0.1, 0.15) is 44.2 Å². The molecule has 0 spiro atoms. The highest BCUT2D eigenvalue weighted by Crippen LogP contribution is 2.31. The van der Waals surface area contributed by atoms with E-state index < -0.39 is 0 Å². The fraction of sp³-hybridized carbons (Fsp3) is 0.423. The van der Waals surface area contributed by atoms with E-state index in [1.165, 1.54) is 35.7 Å². The summed E-state index contributed by atoms with van der Waals surface area (Å²) in [5, 5.41) is 13.0. The Morgan fingerprint density at radius 2 is 1.79 bits per heavy atom. The quantitative estimate of drug-likeness (QED) is 0.380. The van der Waals surface area contributed by atoms with Gasteiger partial charge in [-0.15, -0.1) is 10.2 Å². The zero-order valence-electron chi connectivity index (χ0n) is 19.6. The number of nitrogens with zero attached hydrogens (tertiary/aromatic N) is 3. The number of hydrogen-bond acceptors (Lipinski definition) is 4. The Bertz CT molecular complexity index is 1110. The van der Waals surface area contributed by atoms with Crippen LogP contribution < -0.4 is 5.32 Å². The summed E-state index contributed by atoms with van der Waals surface area (Å²) in [4.78, 5) is 12.8. The highest BCUT2D eigenvalue weighted by atomic mass is 79.9. The Kier molecular flexibility index (Phi) is 7.59. The maximum absolute atomic E-state index is 12.8. The molecule has 174 valence electrons. The van der Waals surface area contributed by atoms with Gasteiger partial charge in [-0.3, -0.25) is 9.36 Å². The fourth-order valence-corrected chi connectivity index (χ4v) is 5.65. The number of hydrogen-bond donors (Lipinski definition) is 1. The lowest BCUT2D eigenvalue weighted by atomic mass is 9.78. The zero-order chi connectivity index (χ0) is 23.5. The van der Waals surface area contributed by atoms with Gasteiger partial charge >= 0.3 is 0 Å². The van der Waals surface area contributed by atoms with Crippen LogP contribution >= 0.6 is 27.7 Å². The molecule has 1 fully saturated rings. The third-order valence-electron chi connectivity index (χ3n) is 6.59. The second-order valence-electron chi connectivity index (χ2n) is 9.22. The van der Waals surface area contributed by atoms with Crippen molar-refractivity contribution < 1.29 is 4.79 Å². The molecule has 33 heavy (non-hydrogen) atoms. The molecule has 7 heteroatoms. The molecule has 0 radical (unpaired) electrons. The average Bonchev–Trinajstić information content (AvgIpc) is 3.19. The number of carbonyl (C=O) groups is 1. The molecule has 1 heterocycles. The van der Waals surface area contributed by atoms with Crippen molar-refractivity contribution in [2.24, 2.45) is 11.8 Å². The van der Waals surface area contributed by atoms with E-state index in [-0.39, 0.29) is 11.9 Å². The molecule has 1 aliphatic carbocycles. The van der Waals surface area contributed by atoms with E-state index in [4.69, 9.17) is 0 Å². The van der Waals surface area contributed by atoms with Crippen molar-refractivity contribution in [1.29, 1.82) is 0 Å². The third-order valence-corrected chi connectivity index (χ3v) is 8.04. The Hall–Kier alpha value is -2.12. The average molecular weight is 528 g/mol. The molecular weight excluding hydrogens is 496 g/mol. The Morgan fingerprint density at radius 3 is 2.48 bits per heavy atom. The molecule has 0 unspecified atom stereocenters. The maximum atomic E-state index is 12.8. The van der Waals surface area contributed by atoms with Gasteiger partial charge in [0, 0.05) is 16.1 Å². The Morgan fingerprint density at radius 1 is 1.09 bits per heavy atom. The first-order chi connectivity index (χ1) is 15.8. The number of halogens is 1. The van der Waals surface area contributed by atoms with Crippen molar-refractivity contribution >= 4 is 33.6 Å². The van der Waals surface area contributed by atoms with E-state index in [0.29, 0.717) is 17.6 Å². The van der Waals surface area contributed by atoms with E-state index in [9.17, 15) is 4.79 Å². The summed E-state index contributed by atoms with van der Waals surface area (Å²) in [5.74, 6) is 2.31. The van der Waals surface area contributed by atoms with Gasteiger partial charge in [0.2, 0.25) is 5.91 Å². The van der Waals surface area contributed by atoms with Gasteiger partial charge in [0.05, 0.1) is 11.4 Å². The number of carbonyl (C=O) groups excluding carboxylic acids is 1. The molecule has 0 aliphatic heterocycles. The smallest absolute Gasteiger partial charge is 0.230 e. The topological polar surface area (TPSA) is 59.8 Å². The van der Waals surface area contributed by atoms with Gasteiger partial charge in [-0.25, -0.2) is 0 Å². The lowest BCUT2D eigenvalue weighted by molar-refractivity contribution is -0.120. The summed E-state index contributed by atoms with van der Waals surface area (Å²) >= 11 is 4.94. The minimum atomic E-state index is 0.0612. The summed E-state index contributed by atoms with van der Waals surface area (Å²) < 4.78 is 3.08. The first-order valence-electron chi connectivity index (χ1n) is 11.5. The van der Waals surface area contributed by atoms with Crippen LogP contribution in [0.2, 0.25) is 0 Å². The van der Waals surface area contributed by atoms with Crippen LogP contribution in [-0.2, 0) is 4.79 Å². The molecule has 1 amide bonds. The van der Waals surface area contributed by atoms with Crippen molar-refractivity contribution in [3.63, 3.8) is 0 Å². The largest absolute Gasteiger partial charge is 0.352 e. The molecule has 0 bridgehead atoms. The second-order valence-corrected chi connectivity index (χ2v) is 11.1. The molecule has 1 aliphatic rings. The first kappa shape index (κ1) is 24.0. The van der Waals surface area contributed by atoms with Crippen LogP contribution in [0, 0.1) is 25.7 Å². The van der Waals surface area contributed by atoms with Crippen LogP contribution in [0.3, 0.4) is 0 Å². The molecule has 4 rings (SSSR count). The highest BCUT2D eigenvalue weighted by molar-refractivity contribution is 9.10. The molecule has 1 N–H and O–H groups in total. The van der Waals surface area contributed by atoms with E-state index in [1.807, 2.05) is 24.3 Å². The van der Waals surface area contributed by atoms with E-state index in [2.05, 4.69) is 81.9 Å². The minimum absolute atomic E-state index is 0.0612. The van der Waals surface area contributed by atoms with Crippen molar-refractivity contribution in [2.75, 3.05) is 5.75 Å². The summed E-state index contributed by atoms with van der Waals surface area (Å²) in [5.41, 5.74) is 4.34. The van der Waals surface area contributed by atoms with Crippen LogP contribution in [-0.4, -0.2) is 32.5 Å². The van der Waals surface area contributed by atoms with Crippen molar-refractivity contribution in [3.05, 3.63) is 58.1 Å². The van der Waals surface area contributed by atoms with Gasteiger partial charge in [-0.2, -0.15) is 0 Å². The Balaban J connectivity index is 1.59. The predicted molar refractivity (Wildman–Crippen MR) is 139 cm³/mol. The van der Waals surface area contributed by atoms with Crippen LogP contribution in [0.4, 0.5) is 0 Å². The summed E-state index contributed by atoms with van der Waals surface area (Å²) in [6.07, 6.45) is 3.50. The number of rotatable bonds is 6. The summed E-state index contributed by atoms with van der Waals surface area (Å²) in [6.45, 7) is 8.72. The molecule has 2 aromatic carbocycles.